The molecule has 0 radical (unpaired) electrons. The molecule has 1 fully saturated rings. The Bertz CT molecular complexity index is 906. The normalized spacial score (nSPS) is 15.8. The number of ether oxygens (including phenoxy) is 1. The first kappa shape index (κ1) is 17.9. The number of piperidine rings is 1. The van der Waals surface area contributed by atoms with E-state index in [0.717, 1.165) is 42.8 Å². The van der Waals surface area contributed by atoms with Gasteiger partial charge in [-0.05, 0) is 19.8 Å². The second kappa shape index (κ2) is 7.26. The molecule has 0 atom stereocenters. The van der Waals surface area contributed by atoms with Gasteiger partial charge in [0.2, 0.25) is 16.0 Å². The summed E-state index contributed by atoms with van der Waals surface area (Å²) in [5.74, 6) is 1.66. The van der Waals surface area contributed by atoms with Crippen LogP contribution in [0.1, 0.15) is 67.7 Å². The van der Waals surface area contributed by atoms with E-state index in [9.17, 15) is 4.79 Å². The van der Waals surface area contributed by atoms with E-state index >= 15 is 0 Å². The molecule has 0 spiro atoms. The largest absolute Gasteiger partial charge is 0.461 e. The topological polar surface area (TPSA) is 98.7 Å². The molecule has 144 valence electrons. The minimum Gasteiger partial charge on any atom is -0.461 e. The highest BCUT2D eigenvalue weighted by atomic mass is 32.1. The molecule has 0 saturated carbocycles. The average molecular weight is 390 g/mol. The van der Waals surface area contributed by atoms with Crippen LogP contribution in [0, 0.1) is 0 Å². The molecule has 0 amide bonds. The van der Waals surface area contributed by atoms with E-state index in [1.54, 1.807) is 17.6 Å². The Hall–Kier alpha value is -2.49. The Balaban J connectivity index is 1.41. The Labute approximate surface area is 160 Å². The number of carbonyl (C=O) groups excluding carboxylic acids is 1. The molecule has 9 nitrogen and oxygen atoms in total. The van der Waals surface area contributed by atoms with Crippen LogP contribution < -0.4 is 4.90 Å². The van der Waals surface area contributed by atoms with E-state index in [1.165, 1.54) is 11.3 Å². The monoisotopic (exact) mass is 390 g/mol. The molecule has 1 saturated heterocycles. The molecule has 0 bridgehead atoms. The summed E-state index contributed by atoms with van der Waals surface area (Å²) in [7, 11) is 0. The number of rotatable bonds is 5. The second-order valence-electron chi connectivity index (χ2n) is 6.87. The highest BCUT2D eigenvalue weighted by Gasteiger charge is 2.27. The lowest BCUT2D eigenvalue weighted by atomic mass is 9.97. The summed E-state index contributed by atoms with van der Waals surface area (Å²) in [4.78, 5) is 23.5. The van der Waals surface area contributed by atoms with E-state index in [0.29, 0.717) is 23.2 Å². The molecule has 0 aliphatic carbocycles. The third-order valence-corrected chi connectivity index (χ3v) is 5.59. The van der Waals surface area contributed by atoms with Crippen LogP contribution >= 0.6 is 11.3 Å². The molecule has 1 aliphatic heterocycles. The third-order valence-electron chi connectivity index (χ3n) is 4.61. The summed E-state index contributed by atoms with van der Waals surface area (Å²) >= 11 is 1.47. The zero-order valence-corrected chi connectivity index (χ0v) is 16.4. The molecule has 0 aromatic carbocycles. The number of aromatic nitrogens is 5. The number of esters is 1. The van der Waals surface area contributed by atoms with Crippen molar-refractivity contribution in [2.24, 2.45) is 0 Å². The van der Waals surface area contributed by atoms with Gasteiger partial charge >= 0.3 is 5.97 Å². The van der Waals surface area contributed by atoms with Crippen LogP contribution in [0.3, 0.4) is 0 Å². The van der Waals surface area contributed by atoms with Gasteiger partial charge in [-0.3, -0.25) is 0 Å². The van der Waals surface area contributed by atoms with Gasteiger partial charge in [-0.2, -0.15) is 4.98 Å². The van der Waals surface area contributed by atoms with Gasteiger partial charge in [-0.15, -0.1) is 5.10 Å². The fraction of sp³-hybridized carbons (Fsp3) is 0.588. The predicted octanol–water partition coefficient (Wildman–Crippen LogP) is 2.86. The fourth-order valence-electron chi connectivity index (χ4n) is 3.09. The van der Waals surface area contributed by atoms with Gasteiger partial charge in [0.15, 0.2) is 11.5 Å². The minimum absolute atomic E-state index is 0.272. The maximum absolute atomic E-state index is 11.8. The lowest BCUT2D eigenvalue weighted by Crippen LogP contribution is -2.33. The van der Waals surface area contributed by atoms with Crippen LogP contribution in [-0.2, 0) is 4.74 Å². The van der Waals surface area contributed by atoms with Gasteiger partial charge in [0.1, 0.15) is 0 Å². The van der Waals surface area contributed by atoms with Crippen molar-refractivity contribution in [1.82, 2.24) is 24.7 Å². The quantitative estimate of drug-likeness (QED) is 0.613. The summed E-state index contributed by atoms with van der Waals surface area (Å²) < 4.78 is 12.1. The minimum atomic E-state index is -0.419. The molecule has 3 aromatic rings. The molecule has 4 heterocycles. The van der Waals surface area contributed by atoms with Crippen LogP contribution in [-0.4, -0.2) is 50.4 Å². The average Bonchev–Trinajstić information content (AvgIpc) is 3.36. The summed E-state index contributed by atoms with van der Waals surface area (Å²) in [6.07, 6.45) is 3.50. The molecule has 0 N–H and O–H groups in total. The Morgan fingerprint density at radius 1 is 1.37 bits per heavy atom. The van der Waals surface area contributed by atoms with Crippen molar-refractivity contribution in [3.8, 4) is 0 Å². The highest BCUT2D eigenvalue weighted by molar-refractivity contribution is 7.20. The number of nitrogens with zero attached hydrogens (tertiary/aromatic N) is 6. The van der Waals surface area contributed by atoms with Crippen molar-refractivity contribution in [3.05, 3.63) is 23.6 Å². The summed E-state index contributed by atoms with van der Waals surface area (Å²) in [6, 6.07) is 0. The van der Waals surface area contributed by atoms with Gasteiger partial charge in [-0.1, -0.05) is 30.3 Å². The maximum atomic E-state index is 11.8. The molecular weight excluding hydrogens is 368 g/mol. The first-order chi connectivity index (χ1) is 13.0. The number of hydrogen-bond donors (Lipinski definition) is 0. The third kappa shape index (κ3) is 3.53. The molecule has 0 unspecified atom stereocenters. The summed E-state index contributed by atoms with van der Waals surface area (Å²) in [5.41, 5.74) is 0.290. The van der Waals surface area contributed by atoms with Crippen molar-refractivity contribution in [2.75, 3.05) is 24.6 Å². The van der Waals surface area contributed by atoms with E-state index in [2.05, 4.69) is 39.0 Å². The summed E-state index contributed by atoms with van der Waals surface area (Å²) in [5, 5.41) is 9.53. The Morgan fingerprint density at radius 3 is 2.78 bits per heavy atom. The van der Waals surface area contributed by atoms with E-state index in [4.69, 9.17) is 9.26 Å². The highest BCUT2D eigenvalue weighted by Crippen LogP contribution is 2.32. The number of imidazole rings is 1. The molecule has 10 heteroatoms. The van der Waals surface area contributed by atoms with Crippen molar-refractivity contribution in [2.45, 2.75) is 45.4 Å². The van der Waals surface area contributed by atoms with E-state index in [1.807, 2.05) is 0 Å². The van der Waals surface area contributed by atoms with Gasteiger partial charge in [0.25, 0.3) is 0 Å². The van der Waals surface area contributed by atoms with Crippen LogP contribution in [0.4, 0.5) is 5.13 Å². The smallest absolute Gasteiger partial charge is 0.358 e. The standard InChI is InChI=1S/C17H22N6O3S/c1-4-25-15(24)12-9-23-16(18-12)27-17(20-23)22-7-5-11(6-8-22)14-19-13(10(2)3)21-26-14/h9-11H,4-8H2,1-3H3. The van der Waals surface area contributed by atoms with Gasteiger partial charge in [-0.25, -0.2) is 14.3 Å². The van der Waals surface area contributed by atoms with Gasteiger partial charge in [0.05, 0.1) is 12.8 Å². The van der Waals surface area contributed by atoms with E-state index in [-0.39, 0.29) is 5.92 Å². The number of carbonyl (C=O) groups is 1. The Morgan fingerprint density at radius 2 is 2.15 bits per heavy atom. The van der Waals surface area contributed by atoms with Crippen molar-refractivity contribution in [3.63, 3.8) is 0 Å². The number of fused-ring (bicyclic) bond motifs is 1. The molecular formula is C17H22N6O3S. The lowest BCUT2D eigenvalue weighted by Gasteiger charge is -2.29. The molecule has 3 aromatic heterocycles. The van der Waals surface area contributed by atoms with E-state index < -0.39 is 5.97 Å². The molecule has 27 heavy (non-hydrogen) atoms. The summed E-state index contributed by atoms with van der Waals surface area (Å²) in [6.45, 7) is 7.95. The van der Waals surface area contributed by atoms with Crippen LogP contribution in [0.2, 0.25) is 0 Å². The number of hydrogen-bond acceptors (Lipinski definition) is 9. The van der Waals surface area contributed by atoms with Crippen LogP contribution in [0.15, 0.2) is 10.7 Å². The number of anilines is 1. The van der Waals surface area contributed by atoms with Crippen molar-refractivity contribution < 1.29 is 14.1 Å². The Kier molecular flexibility index (Phi) is 4.81. The fourth-order valence-corrected chi connectivity index (χ4v) is 4.02. The van der Waals surface area contributed by atoms with Crippen molar-refractivity contribution >= 4 is 27.4 Å². The first-order valence-electron chi connectivity index (χ1n) is 9.17. The van der Waals surface area contributed by atoms with Crippen LogP contribution in [0.5, 0.6) is 0 Å². The zero-order valence-electron chi connectivity index (χ0n) is 15.6. The second-order valence-corrected chi connectivity index (χ2v) is 7.80. The SMILES string of the molecule is CCOC(=O)c1cn2nc(N3CCC(c4nc(C(C)C)no4)CC3)sc2n1. The molecule has 1 aliphatic rings. The molecule has 4 rings (SSSR count). The van der Waals surface area contributed by atoms with Crippen LogP contribution in [0.25, 0.3) is 4.96 Å². The lowest BCUT2D eigenvalue weighted by molar-refractivity contribution is 0.0520. The van der Waals surface area contributed by atoms with Crippen molar-refractivity contribution in [1.29, 1.82) is 0 Å². The van der Waals surface area contributed by atoms with Gasteiger partial charge < -0.3 is 14.2 Å². The zero-order chi connectivity index (χ0) is 19.0. The van der Waals surface area contributed by atoms with Gasteiger partial charge in [0, 0.05) is 24.9 Å². The first-order valence-corrected chi connectivity index (χ1v) is 9.98. The predicted molar refractivity (Wildman–Crippen MR) is 99.4 cm³/mol. The maximum Gasteiger partial charge on any atom is 0.358 e.